The van der Waals surface area contributed by atoms with E-state index < -0.39 is 33.0 Å². The average molecular weight is 579 g/mol. The number of hydrogen-bond acceptors (Lipinski definition) is 7. The van der Waals surface area contributed by atoms with E-state index in [0.29, 0.717) is 23.1 Å². The summed E-state index contributed by atoms with van der Waals surface area (Å²) in [6, 6.07) is 1.69. The number of fused-ring (bicyclic) bond motifs is 1. The fourth-order valence-electron chi connectivity index (χ4n) is 4.27. The van der Waals surface area contributed by atoms with Gasteiger partial charge in [0.25, 0.3) is 0 Å². The average Bonchev–Trinajstić information content (AvgIpc) is 3.19. The lowest BCUT2D eigenvalue weighted by molar-refractivity contribution is 0.0965. The Kier molecular flexibility index (Phi) is 6.99. The smallest absolute Gasteiger partial charge is 0.310 e. The third-order valence-electron chi connectivity index (χ3n) is 6.79. The normalized spacial score (nSPS) is 16.4. The first kappa shape index (κ1) is 28.8. The van der Waals surface area contributed by atoms with E-state index in [9.17, 15) is 24.2 Å². The van der Waals surface area contributed by atoms with Crippen LogP contribution in [-0.2, 0) is 11.3 Å². The Bertz CT molecular complexity index is 1480. The first-order valence-corrected chi connectivity index (χ1v) is 14.4. The molecule has 1 N–H and O–H groups in total. The number of anilines is 1. The number of aromatic nitrogens is 4. The monoisotopic (exact) mass is 578 g/mol. The SMILES string of the molecule is CCC(CC)Oc1nn2c(=N)n(CC(=O)c3cc(N4CCOCC4)cc(S(F)(F)(F)(F)F)c3)nc2c(C)c1C. The molecule has 3 aromatic rings. The zero-order valence-electron chi connectivity index (χ0n) is 22.0. The topological polar surface area (TPSA) is 97.7 Å². The first-order valence-electron chi connectivity index (χ1n) is 12.5. The summed E-state index contributed by atoms with van der Waals surface area (Å²) in [6.07, 6.45) is 1.39. The molecule has 0 spiro atoms. The van der Waals surface area contributed by atoms with Gasteiger partial charge in [0.2, 0.25) is 11.5 Å². The molecule has 1 fully saturated rings. The number of benzene rings is 1. The minimum atomic E-state index is -10.1. The van der Waals surface area contributed by atoms with Crippen molar-refractivity contribution in [1.82, 2.24) is 19.4 Å². The van der Waals surface area contributed by atoms with Gasteiger partial charge in [-0.15, -0.1) is 10.2 Å². The summed E-state index contributed by atoms with van der Waals surface area (Å²) >= 11 is 0. The first-order chi connectivity index (χ1) is 18.0. The molecule has 4 rings (SSSR count). The van der Waals surface area contributed by atoms with Crippen molar-refractivity contribution in [2.75, 3.05) is 31.2 Å². The van der Waals surface area contributed by atoms with Crippen LogP contribution >= 0.6 is 10.2 Å². The minimum Gasteiger partial charge on any atom is -0.473 e. The van der Waals surface area contributed by atoms with E-state index in [2.05, 4.69) is 10.2 Å². The summed E-state index contributed by atoms with van der Waals surface area (Å²) in [5, 5.41) is 17.1. The highest BCUT2D eigenvalue weighted by Crippen LogP contribution is 3.02. The molecule has 0 unspecified atom stereocenters. The zero-order valence-corrected chi connectivity index (χ0v) is 22.8. The van der Waals surface area contributed by atoms with Crippen LogP contribution in [0.25, 0.3) is 5.65 Å². The van der Waals surface area contributed by atoms with Crippen LogP contribution in [0.1, 0.15) is 48.2 Å². The number of ether oxygens (including phenoxy) is 2. The van der Waals surface area contributed by atoms with Crippen LogP contribution in [0, 0.1) is 19.3 Å². The summed E-state index contributed by atoms with van der Waals surface area (Å²) in [6.45, 7) is 7.59. The van der Waals surface area contributed by atoms with Gasteiger partial charge in [-0.25, -0.2) is 4.68 Å². The molecule has 0 radical (unpaired) electrons. The third kappa shape index (κ3) is 6.03. The molecule has 0 aliphatic carbocycles. The molecule has 1 aliphatic heterocycles. The Labute approximate surface area is 221 Å². The molecule has 0 amide bonds. The van der Waals surface area contributed by atoms with Crippen molar-refractivity contribution in [3.05, 3.63) is 40.5 Å². The van der Waals surface area contributed by atoms with Crippen molar-refractivity contribution in [3.63, 3.8) is 0 Å². The van der Waals surface area contributed by atoms with Gasteiger partial charge in [0.1, 0.15) is 11.4 Å². The van der Waals surface area contributed by atoms with Crippen LogP contribution < -0.4 is 15.3 Å². The maximum Gasteiger partial charge on any atom is 0.310 e. The maximum atomic E-state index is 13.8. The van der Waals surface area contributed by atoms with Gasteiger partial charge in [0, 0.05) is 35.5 Å². The second kappa shape index (κ2) is 9.47. The van der Waals surface area contributed by atoms with Crippen LogP contribution in [0.3, 0.4) is 0 Å². The van der Waals surface area contributed by atoms with E-state index in [1.54, 1.807) is 13.8 Å². The molecular formula is C24H31F5N6O3S. The molecule has 15 heteroatoms. The fraction of sp³-hybridized carbons (Fsp3) is 0.500. The summed E-state index contributed by atoms with van der Waals surface area (Å²) in [5.41, 5.74) is 0.546. The molecule has 216 valence electrons. The van der Waals surface area contributed by atoms with Gasteiger partial charge in [-0.1, -0.05) is 33.3 Å². The largest absolute Gasteiger partial charge is 0.473 e. The lowest BCUT2D eigenvalue weighted by Gasteiger charge is -2.41. The molecule has 0 bridgehead atoms. The molecule has 9 nitrogen and oxygen atoms in total. The predicted molar refractivity (Wildman–Crippen MR) is 137 cm³/mol. The van der Waals surface area contributed by atoms with E-state index in [-0.39, 0.29) is 55.4 Å². The summed E-state index contributed by atoms with van der Waals surface area (Å²) < 4.78 is 82.3. The number of halogens is 5. The van der Waals surface area contributed by atoms with Gasteiger partial charge in [-0.3, -0.25) is 10.2 Å². The van der Waals surface area contributed by atoms with Gasteiger partial charge >= 0.3 is 10.2 Å². The summed E-state index contributed by atoms with van der Waals surface area (Å²) in [7, 11) is -10.1. The number of hydrogen-bond donors (Lipinski definition) is 1. The number of nitrogens with one attached hydrogen (secondary N) is 1. The number of ketones is 1. The van der Waals surface area contributed by atoms with Crippen LogP contribution in [0.2, 0.25) is 0 Å². The highest BCUT2D eigenvalue weighted by atomic mass is 32.5. The van der Waals surface area contributed by atoms with Crippen molar-refractivity contribution in [3.8, 4) is 5.88 Å². The van der Waals surface area contributed by atoms with E-state index in [1.807, 2.05) is 13.8 Å². The van der Waals surface area contributed by atoms with Gasteiger partial charge < -0.3 is 14.4 Å². The molecule has 2 aromatic heterocycles. The second-order valence-electron chi connectivity index (χ2n) is 9.54. The number of nitrogens with zero attached hydrogens (tertiary/aromatic N) is 5. The zero-order chi connectivity index (χ0) is 28.8. The lowest BCUT2D eigenvalue weighted by Crippen LogP contribution is -2.36. The van der Waals surface area contributed by atoms with E-state index in [1.165, 1.54) is 9.42 Å². The number of carbonyl (C=O) groups excluding carboxylic acids is 1. The molecule has 0 saturated carbocycles. The van der Waals surface area contributed by atoms with Crippen molar-refractivity contribution >= 4 is 27.3 Å². The lowest BCUT2D eigenvalue weighted by atomic mass is 10.1. The van der Waals surface area contributed by atoms with E-state index >= 15 is 0 Å². The Morgan fingerprint density at radius 1 is 1.05 bits per heavy atom. The maximum absolute atomic E-state index is 13.8. The Balaban J connectivity index is 1.74. The highest BCUT2D eigenvalue weighted by molar-refractivity contribution is 8.45. The molecule has 1 aliphatic rings. The predicted octanol–water partition coefficient (Wildman–Crippen LogP) is 5.57. The van der Waals surface area contributed by atoms with Crippen molar-refractivity contribution < 1.29 is 33.7 Å². The van der Waals surface area contributed by atoms with Crippen LogP contribution in [-0.4, -0.2) is 57.6 Å². The second-order valence-corrected chi connectivity index (χ2v) is 11.9. The number of aryl methyl sites for hydroxylation is 1. The van der Waals surface area contributed by atoms with E-state index in [0.717, 1.165) is 23.6 Å². The Morgan fingerprint density at radius 2 is 1.69 bits per heavy atom. The van der Waals surface area contributed by atoms with Gasteiger partial charge in [0.05, 0.1) is 19.3 Å². The number of rotatable bonds is 9. The van der Waals surface area contributed by atoms with Crippen molar-refractivity contribution in [2.24, 2.45) is 0 Å². The highest BCUT2D eigenvalue weighted by Gasteiger charge is 2.65. The van der Waals surface area contributed by atoms with Gasteiger partial charge in [0.15, 0.2) is 11.4 Å². The number of morpholine rings is 1. The summed E-state index contributed by atoms with van der Waals surface area (Å²) in [5.74, 6) is -0.616. The quantitative estimate of drug-likeness (QED) is 0.263. The Hall–Kier alpha value is -3.20. The van der Waals surface area contributed by atoms with Gasteiger partial charge in [-0.2, -0.15) is 4.52 Å². The molecule has 1 aromatic carbocycles. The third-order valence-corrected chi connectivity index (χ3v) is 7.91. The Morgan fingerprint density at radius 3 is 2.28 bits per heavy atom. The molecule has 0 atom stereocenters. The van der Waals surface area contributed by atoms with Crippen LogP contribution in [0.5, 0.6) is 5.88 Å². The molecule has 3 heterocycles. The molecule has 1 saturated heterocycles. The standard InChI is InChI=1S/C24H31F5N6O3S/c1-5-19(6-2)38-23-16(4)15(3)22-31-34(24(30)35(22)32-23)14-21(36)17-11-18(33-7-9-37-10-8-33)13-20(12-17)39(25,26,27,28)29/h11-13,19,30H,5-10,14H2,1-4H3. The molecule has 39 heavy (non-hydrogen) atoms. The van der Waals surface area contributed by atoms with Crippen LogP contribution in [0.4, 0.5) is 25.1 Å². The summed E-state index contributed by atoms with van der Waals surface area (Å²) in [4.78, 5) is 12.5. The minimum absolute atomic E-state index is 0.0957. The van der Waals surface area contributed by atoms with Crippen LogP contribution in [0.15, 0.2) is 23.1 Å². The fourth-order valence-corrected chi connectivity index (χ4v) is 4.96. The van der Waals surface area contributed by atoms with Gasteiger partial charge in [-0.05, 0) is 44.9 Å². The number of Topliss-reactive ketones (excluding diaryl/α,β-unsaturated/α-hetero) is 1. The van der Waals surface area contributed by atoms with E-state index in [4.69, 9.17) is 14.9 Å². The van der Waals surface area contributed by atoms with Crippen molar-refractivity contribution in [1.29, 1.82) is 5.41 Å². The van der Waals surface area contributed by atoms with Crippen molar-refractivity contribution in [2.45, 2.75) is 58.1 Å². The molecular weight excluding hydrogens is 547 g/mol. The number of carbonyl (C=O) groups is 1.